The second kappa shape index (κ2) is 10.6. The fourth-order valence-electron chi connectivity index (χ4n) is 5.81. The normalized spacial score (nSPS) is 27.0. The zero-order chi connectivity index (χ0) is 23.5. The Kier molecular flexibility index (Phi) is 7.40. The van der Waals surface area contributed by atoms with E-state index >= 15 is 0 Å². The van der Waals surface area contributed by atoms with Gasteiger partial charge in [0.05, 0.1) is 23.8 Å². The van der Waals surface area contributed by atoms with E-state index in [1.54, 1.807) is 0 Å². The van der Waals surface area contributed by atoms with E-state index in [2.05, 4.69) is 39.4 Å². The van der Waals surface area contributed by atoms with E-state index in [-0.39, 0.29) is 23.8 Å². The van der Waals surface area contributed by atoms with Crippen LogP contribution in [0.2, 0.25) is 0 Å². The number of hydrogen-bond acceptors (Lipinski definition) is 6. The number of carbonyl (C=O) groups excluding carboxylic acids is 2. The fourth-order valence-corrected chi connectivity index (χ4v) is 5.81. The van der Waals surface area contributed by atoms with Gasteiger partial charge in [-0.25, -0.2) is 0 Å². The van der Waals surface area contributed by atoms with Crippen LogP contribution in [0, 0.1) is 5.92 Å². The summed E-state index contributed by atoms with van der Waals surface area (Å²) in [7, 11) is 0. The largest absolute Gasteiger partial charge is 0.488 e. The topological polar surface area (TPSA) is 65.1 Å². The third kappa shape index (κ3) is 5.10. The molecule has 2 saturated heterocycles. The van der Waals surface area contributed by atoms with Gasteiger partial charge >= 0.3 is 0 Å². The zero-order valence-electron chi connectivity index (χ0n) is 20.6. The molecule has 0 spiro atoms. The predicted molar refractivity (Wildman–Crippen MR) is 133 cm³/mol. The van der Waals surface area contributed by atoms with Gasteiger partial charge < -0.3 is 15.0 Å². The van der Waals surface area contributed by atoms with Crippen LogP contribution in [0.25, 0.3) is 0 Å². The molecule has 0 radical (unpaired) electrons. The summed E-state index contributed by atoms with van der Waals surface area (Å²) < 4.78 is 6.35. The fraction of sp³-hybridized carbons (Fsp3) is 0.704. The molecule has 1 aromatic carbocycles. The van der Waals surface area contributed by atoms with Crippen molar-refractivity contribution in [3.05, 3.63) is 24.3 Å². The molecular weight excluding hydrogens is 428 g/mol. The summed E-state index contributed by atoms with van der Waals surface area (Å²) in [5.41, 5.74) is 1.21. The lowest BCUT2D eigenvalue weighted by molar-refractivity contribution is -0.139. The molecule has 4 fully saturated rings. The average molecular weight is 469 g/mol. The molecule has 1 aromatic rings. The molecule has 2 heterocycles. The maximum absolute atomic E-state index is 12.8. The Morgan fingerprint density at radius 2 is 1.65 bits per heavy atom. The van der Waals surface area contributed by atoms with E-state index in [1.165, 1.54) is 42.7 Å². The Hall–Kier alpha value is -2.12. The van der Waals surface area contributed by atoms with Crippen LogP contribution in [0.4, 0.5) is 5.69 Å². The molecule has 34 heavy (non-hydrogen) atoms. The molecular formula is C27H40N4O3. The van der Waals surface area contributed by atoms with Crippen LogP contribution < -0.4 is 15.0 Å². The van der Waals surface area contributed by atoms with Crippen LogP contribution in [0.5, 0.6) is 5.75 Å². The number of hydrogen-bond donors (Lipinski definition) is 1. The lowest BCUT2D eigenvalue weighted by Crippen LogP contribution is -2.48. The van der Waals surface area contributed by atoms with E-state index in [9.17, 15) is 9.59 Å². The van der Waals surface area contributed by atoms with Gasteiger partial charge in [-0.05, 0) is 63.6 Å². The summed E-state index contributed by atoms with van der Waals surface area (Å²) in [6.07, 6.45) is 9.54. The SMILES string of the molecule is CC1C(=O)N(CCCN2CCN(c3ccccc3OC3CCCC3)CC2)C(=O)C1NC1CCC1. The number of nitrogens with one attached hydrogen (secondary N) is 1. The molecule has 1 N–H and O–H groups in total. The minimum absolute atomic E-state index is 0.00878. The maximum atomic E-state index is 12.8. The van der Waals surface area contributed by atoms with Gasteiger partial charge in [0.2, 0.25) is 11.8 Å². The maximum Gasteiger partial charge on any atom is 0.247 e. The highest BCUT2D eigenvalue weighted by molar-refractivity contribution is 6.06. The summed E-state index contributed by atoms with van der Waals surface area (Å²) >= 11 is 0. The number of likely N-dealkylation sites (tertiary alicyclic amines) is 1. The van der Waals surface area contributed by atoms with Crippen molar-refractivity contribution in [1.29, 1.82) is 0 Å². The van der Waals surface area contributed by atoms with Gasteiger partial charge in [0.25, 0.3) is 0 Å². The first-order valence-corrected chi connectivity index (χ1v) is 13.4. The number of imide groups is 1. The molecule has 4 aliphatic rings. The Morgan fingerprint density at radius 1 is 0.912 bits per heavy atom. The monoisotopic (exact) mass is 468 g/mol. The third-order valence-electron chi connectivity index (χ3n) is 8.24. The number of carbonyl (C=O) groups is 2. The molecule has 2 saturated carbocycles. The van der Waals surface area contributed by atoms with Crippen LogP contribution >= 0.6 is 0 Å². The Balaban J connectivity index is 1.07. The van der Waals surface area contributed by atoms with Crippen LogP contribution in [-0.2, 0) is 9.59 Å². The molecule has 7 nitrogen and oxygen atoms in total. The molecule has 2 unspecified atom stereocenters. The molecule has 2 aliphatic carbocycles. The molecule has 7 heteroatoms. The first-order valence-electron chi connectivity index (χ1n) is 13.4. The number of rotatable bonds is 9. The molecule has 2 aliphatic heterocycles. The molecule has 5 rings (SSSR count). The van der Waals surface area contributed by atoms with Crippen molar-refractivity contribution >= 4 is 17.5 Å². The summed E-state index contributed by atoms with van der Waals surface area (Å²) in [4.78, 5) is 31.9. The van der Waals surface area contributed by atoms with E-state index in [0.717, 1.165) is 57.7 Å². The van der Waals surface area contributed by atoms with E-state index in [0.29, 0.717) is 18.7 Å². The number of benzene rings is 1. The van der Waals surface area contributed by atoms with Crippen LogP contribution in [0.1, 0.15) is 58.3 Å². The Morgan fingerprint density at radius 3 is 2.35 bits per heavy atom. The highest BCUT2D eigenvalue weighted by Crippen LogP contribution is 2.33. The third-order valence-corrected chi connectivity index (χ3v) is 8.24. The van der Waals surface area contributed by atoms with E-state index < -0.39 is 0 Å². The summed E-state index contributed by atoms with van der Waals surface area (Å²) in [5, 5.41) is 3.42. The summed E-state index contributed by atoms with van der Waals surface area (Å²) in [6, 6.07) is 8.54. The van der Waals surface area contributed by atoms with Gasteiger partial charge in [0.1, 0.15) is 5.75 Å². The zero-order valence-corrected chi connectivity index (χ0v) is 20.6. The number of piperazine rings is 1. The summed E-state index contributed by atoms with van der Waals surface area (Å²) in [5.74, 6) is 0.745. The van der Waals surface area contributed by atoms with Crippen molar-refractivity contribution in [3.8, 4) is 5.75 Å². The highest BCUT2D eigenvalue weighted by Gasteiger charge is 2.45. The molecule has 2 atom stereocenters. The average Bonchev–Trinajstić information content (AvgIpc) is 3.40. The second-order valence-corrected chi connectivity index (χ2v) is 10.6. The first-order chi connectivity index (χ1) is 16.6. The van der Waals surface area contributed by atoms with Crippen LogP contribution in [-0.4, -0.2) is 79.1 Å². The minimum atomic E-state index is -0.326. The Labute approximate surface area is 203 Å². The highest BCUT2D eigenvalue weighted by atomic mass is 16.5. The van der Waals surface area contributed by atoms with Crippen molar-refractivity contribution in [2.24, 2.45) is 5.92 Å². The minimum Gasteiger partial charge on any atom is -0.488 e. The Bertz CT molecular complexity index is 859. The lowest BCUT2D eigenvalue weighted by atomic mass is 9.91. The lowest BCUT2D eigenvalue weighted by Gasteiger charge is -2.37. The molecule has 186 valence electrons. The van der Waals surface area contributed by atoms with Crippen LogP contribution in [0.3, 0.4) is 0 Å². The predicted octanol–water partition coefficient (Wildman–Crippen LogP) is 3.04. The number of nitrogens with zero attached hydrogens (tertiary/aromatic N) is 3. The van der Waals surface area contributed by atoms with Gasteiger partial charge in [-0.15, -0.1) is 0 Å². The van der Waals surface area contributed by atoms with Crippen molar-refractivity contribution in [1.82, 2.24) is 15.1 Å². The second-order valence-electron chi connectivity index (χ2n) is 10.6. The molecule has 0 aromatic heterocycles. The van der Waals surface area contributed by atoms with Gasteiger partial charge in [-0.2, -0.15) is 0 Å². The number of ether oxygens (including phenoxy) is 1. The number of amides is 2. The van der Waals surface area contributed by atoms with E-state index in [4.69, 9.17) is 4.74 Å². The molecule has 2 amide bonds. The van der Waals surface area contributed by atoms with Gasteiger partial charge in [-0.1, -0.05) is 25.5 Å². The van der Waals surface area contributed by atoms with Crippen molar-refractivity contribution in [2.45, 2.75) is 76.5 Å². The van der Waals surface area contributed by atoms with Crippen molar-refractivity contribution in [2.75, 3.05) is 44.2 Å². The standard InChI is InChI=1S/C27H40N4O3/c1-20-25(28-21-8-6-9-21)27(33)31(26(20)32)15-7-14-29-16-18-30(19-17-29)23-12-4-5-13-24(23)34-22-10-2-3-11-22/h4-5,12-13,20-22,25,28H,2-3,6-11,14-19H2,1H3. The first kappa shape index (κ1) is 23.6. The number of para-hydroxylation sites is 2. The van der Waals surface area contributed by atoms with Gasteiger partial charge in [0, 0.05) is 38.8 Å². The smallest absolute Gasteiger partial charge is 0.247 e. The van der Waals surface area contributed by atoms with Gasteiger partial charge in [0.15, 0.2) is 0 Å². The van der Waals surface area contributed by atoms with Gasteiger partial charge in [-0.3, -0.25) is 19.4 Å². The number of anilines is 1. The van der Waals surface area contributed by atoms with Crippen LogP contribution in [0.15, 0.2) is 24.3 Å². The molecule has 0 bridgehead atoms. The van der Waals surface area contributed by atoms with Crippen molar-refractivity contribution in [3.63, 3.8) is 0 Å². The quantitative estimate of drug-likeness (QED) is 0.562. The summed E-state index contributed by atoms with van der Waals surface area (Å²) in [6.45, 7) is 7.26. The van der Waals surface area contributed by atoms with E-state index in [1.807, 2.05) is 6.92 Å². The van der Waals surface area contributed by atoms with Crippen molar-refractivity contribution < 1.29 is 14.3 Å².